The fourth-order valence-electron chi connectivity index (χ4n) is 3.70. The highest BCUT2D eigenvalue weighted by Gasteiger charge is 2.22. The molecular weight excluding hydrogens is 388 g/mol. The second kappa shape index (κ2) is 11.4. The first kappa shape index (κ1) is 22.7. The van der Waals surface area contributed by atoms with Gasteiger partial charge in [-0.25, -0.2) is 4.99 Å². The first-order valence-electron chi connectivity index (χ1n) is 11.2. The Morgan fingerprint density at radius 3 is 2.52 bits per heavy atom. The Labute approximate surface area is 185 Å². The van der Waals surface area contributed by atoms with Crippen molar-refractivity contribution < 1.29 is 9.53 Å². The number of rotatable bonds is 9. The SMILES string of the molecule is CCNC(=NCc1ccc(C)cc1OCC)NCCCC(=O)N1Cc2ccccc2C1. The van der Waals surface area contributed by atoms with Gasteiger partial charge in [0.05, 0.1) is 13.2 Å². The minimum absolute atomic E-state index is 0.209. The number of amides is 1. The number of nitrogens with zero attached hydrogens (tertiary/aromatic N) is 2. The minimum atomic E-state index is 0.209. The Morgan fingerprint density at radius 1 is 1.10 bits per heavy atom. The average molecular weight is 423 g/mol. The first-order valence-corrected chi connectivity index (χ1v) is 11.2. The van der Waals surface area contributed by atoms with Crippen molar-refractivity contribution in [1.82, 2.24) is 15.5 Å². The molecule has 0 atom stereocenters. The van der Waals surface area contributed by atoms with E-state index in [2.05, 4.69) is 47.9 Å². The zero-order valence-electron chi connectivity index (χ0n) is 18.9. The van der Waals surface area contributed by atoms with Gasteiger partial charge in [-0.05, 0) is 49.9 Å². The van der Waals surface area contributed by atoms with Crippen molar-refractivity contribution in [3.05, 3.63) is 64.7 Å². The number of guanidine groups is 1. The van der Waals surface area contributed by atoms with E-state index in [1.54, 1.807) is 0 Å². The monoisotopic (exact) mass is 422 g/mol. The molecule has 1 amide bonds. The van der Waals surface area contributed by atoms with E-state index in [0.29, 0.717) is 26.1 Å². The van der Waals surface area contributed by atoms with Gasteiger partial charge in [-0.15, -0.1) is 0 Å². The summed E-state index contributed by atoms with van der Waals surface area (Å²) in [6.07, 6.45) is 1.30. The summed E-state index contributed by atoms with van der Waals surface area (Å²) in [6, 6.07) is 14.5. The van der Waals surface area contributed by atoms with Crippen molar-refractivity contribution in [1.29, 1.82) is 0 Å². The Morgan fingerprint density at radius 2 is 1.84 bits per heavy atom. The van der Waals surface area contributed by atoms with Crippen LogP contribution in [0.15, 0.2) is 47.5 Å². The standard InChI is InChI=1S/C25H34N4O2/c1-4-26-25(28-16-20-13-12-19(3)15-23(20)31-5-2)27-14-8-11-24(30)29-17-21-9-6-7-10-22(21)18-29/h6-7,9-10,12-13,15H,4-5,8,11,14,16-18H2,1-3H3,(H2,26,27,28). The lowest BCUT2D eigenvalue weighted by molar-refractivity contribution is -0.131. The number of hydrogen-bond acceptors (Lipinski definition) is 3. The number of nitrogens with one attached hydrogen (secondary N) is 2. The van der Waals surface area contributed by atoms with E-state index in [-0.39, 0.29) is 5.91 Å². The molecule has 0 aromatic heterocycles. The molecule has 2 aromatic rings. The molecule has 6 nitrogen and oxygen atoms in total. The van der Waals surface area contributed by atoms with Crippen molar-refractivity contribution in [2.24, 2.45) is 4.99 Å². The largest absolute Gasteiger partial charge is 0.494 e. The third-order valence-corrected chi connectivity index (χ3v) is 5.33. The summed E-state index contributed by atoms with van der Waals surface area (Å²) < 4.78 is 5.75. The van der Waals surface area contributed by atoms with Crippen LogP contribution in [-0.2, 0) is 24.4 Å². The third kappa shape index (κ3) is 6.48. The third-order valence-electron chi connectivity index (χ3n) is 5.33. The summed E-state index contributed by atoms with van der Waals surface area (Å²) in [5, 5.41) is 6.62. The molecule has 0 unspecified atom stereocenters. The molecule has 1 aliphatic heterocycles. The summed E-state index contributed by atoms with van der Waals surface area (Å²) in [5.41, 5.74) is 4.76. The van der Waals surface area contributed by atoms with E-state index in [4.69, 9.17) is 9.73 Å². The van der Waals surface area contributed by atoms with Crippen LogP contribution in [0.1, 0.15) is 48.9 Å². The van der Waals surface area contributed by atoms with Crippen LogP contribution in [0.2, 0.25) is 0 Å². The fraction of sp³-hybridized carbons (Fsp3) is 0.440. The highest BCUT2D eigenvalue weighted by atomic mass is 16.5. The van der Waals surface area contributed by atoms with Crippen LogP contribution in [0.5, 0.6) is 5.75 Å². The van der Waals surface area contributed by atoms with Gasteiger partial charge in [-0.1, -0.05) is 36.4 Å². The van der Waals surface area contributed by atoms with E-state index in [9.17, 15) is 4.79 Å². The van der Waals surface area contributed by atoms with Crippen LogP contribution in [0.3, 0.4) is 0 Å². The number of aliphatic imine (C=N–C) groups is 1. The van der Waals surface area contributed by atoms with Gasteiger partial charge in [-0.2, -0.15) is 0 Å². The molecule has 166 valence electrons. The van der Waals surface area contributed by atoms with Crippen LogP contribution >= 0.6 is 0 Å². The number of benzene rings is 2. The zero-order valence-corrected chi connectivity index (χ0v) is 18.9. The number of carbonyl (C=O) groups is 1. The molecule has 3 rings (SSSR count). The first-order chi connectivity index (χ1) is 15.1. The Kier molecular flexibility index (Phi) is 8.33. The van der Waals surface area contributed by atoms with Crippen LogP contribution in [0.25, 0.3) is 0 Å². The van der Waals surface area contributed by atoms with E-state index in [1.807, 2.05) is 30.9 Å². The van der Waals surface area contributed by atoms with Gasteiger partial charge in [0, 0.05) is 38.2 Å². The number of aryl methyl sites for hydroxylation is 1. The van der Waals surface area contributed by atoms with Gasteiger partial charge in [0.25, 0.3) is 0 Å². The normalized spacial score (nSPS) is 13.1. The molecule has 0 radical (unpaired) electrons. The van der Waals surface area contributed by atoms with E-state index < -0.39 is 0 Å². The maximum absolute atomic E-state index is 12.6. The van der Waals surface area contributed by atoms with Gasteiger partial charge >= 0.3 is 0 Å². The summed E-state index contributed by atoms with van der Waals surface area (Å²) in [4.78, 5) is 19.2. The molecule has 2 N–H and O–H groups in total. The van der Waals surface area contributed by atoms with Crippen LogP contribution < -0.4 is 15.4 Å². The van der Waals surface area contributed by atoms with E-state index in [1.165, 1.54) is 16.7 Å². The zero-order chi connectivity index (χ0) is 22.1. The van der Waals surface area contributed by atoms with Crippen molar-refractivity contribution >= 4 is 11.9 Å². The number of hydrogen-bond donors (Lipinski definition) is 2. The van der Waals surface area contributed by atoms with Crippen LogP contribution in [0.4, 0.5) is 0 Å². The number of carbonyl (C=O) groups excluding carboxylic acids is 1. The molecule has 0 bridgehead atoms. The van der Waals surface area contributed by atoms with Gasteiger partial charge in [-0.3, -0.25) is 4.79 Å². The summed E-state index contributed by atoms with van der Waals surface area (Å²) in [6.45, 7) is 10.2. The van der Waals surface area contributed by atoms with E-state index in [0.717, 1.165) is 43.3 Å². The second-order valence-corrected chi connectivity index (χ2v) is 7.79. The quantitative estimate of drug-likeness (QED) is 0.367. The predicted octanol–water partition coefficient (Wildman–Crippen LogP) is 3.77. The molecule has 31 heavy (non-hydrogen) atoms. The van der Waals surface area contributed by atoms with Crippen molar-refractivity contribution in [2.75, 3.05) is 19.7 Å². The molecule has 6 heteroatoms. The summed E-state index contributed by atoms with van der Waals surface area (Å²) >= 11 is 0. The topological polar surface area (TPSA) is 66.0 Å². The Hall–Kier alpha value is -3.02. The highest BCUT2D eigenvalue weighted by molar-refractivity contribution is 5.80. The molecule has 0 saturated carbocycles. The molecule has 0 saturated heterocycles. The molecular formula is C25H34N4O2. The lowest BCUT2D eigenvalue weighted by Crippen LogP contribution is -2.38. The van der Waals surface area contributed by atoms with Gasteiger partial charge in [0.15, 0.2) is 5.96 Å². The fourth-order valence-corrected chi connectivity index (χ4v) is 3.70. The average Bonchev–Trinajstić information content (AvgIpc) is 3.20. The van der Waals surface area contributed by atoms with Gasteiger partial charge < -0.3 is 20.3 Å². The maximum Gasteiger partial charge on any atom is 0.223 e. The van der Waals surface area contributed by atoms with E-state index >= 15 is 0 Å². The molecule has 1 aliphatic rings. The smallest absolute Gasteiger partial charge is 0.223 e. The maximum atomic E-state index is 12.6. The lowest BCUT2D eigenvalue weighted by Gasteiger charge is -2.16. The Bertz CT molecular complexity index is 885. The molecule has 0 spiro atoms. The lowest BCUT2D eigenvalue weighted by atomic mass is 10.1. The molecule has 0 fully saturated rings. The van der Waals surface area contributed by atoms with Crippen molar-refractivity contribution in [3.8, 4) is 5.75 Å². The molecule has 1 heterocycles. The van der Waals surface area contributed by atoms with Crippen LogP contribution in [-0.4, -0.2) is 36.5 Å². The van der Waals surface area contributed by atoms with Gasteiger partial charge in [0.2, 0.25) is 5.91 Å². The minimum Gasteiger partial charge on any atom is -0.494 e. The van der Waals surface area contributed by atoms with Crippen molar-refractivity contribution in [3.63, 3.8) is 0 Å². The van der Waals surface area contributed by atoms with Crippen molar-refractivity contribution in [2.45, 2.75) is 53.2 Å². The second-order valence-electron chi connectivity index (χ2n) is 7.79. The molecule has 0 aliphatic carbocycles. The predicted molar refractivity (Wildman–Crippen MR) is 125 cm³/mol. The number of fused-ring (bicyclic) bond motifs is 1. The summed E-state index contributed by atoms with van der Waals surface area (Å²) in [7, 11) is 0. The highest BCUT2D eigenvalue weighted by Crippen LogP contribution is 2.23. The Balaban J connectivity index is 1.47. The molecule has 2 aromatic carbocycles. The summed E-state index contributed by atoms with van der Waals surface area (Å²) in [5.74, 6) is 1.85. The number of ether oxygens (including phenoxy) is 1. The van der Waals surface area contributed by atoms with Crippen LogP contribution in [0, 0.1) is 6.92 Å². The van der Waals surface area contributed by atoms with Gasteiger partial charge in [0.1, 0.15) is 5.75 Å².